The molecule has 1 heterocycles. The molecule has 138 valence electrons. The van der Waals surface area contributed by atoms with Crippen molar-refractivity contribution < 1.29 is 4.79 Å². The first-order valence-corrected chi connectivity index (χ1v) is 9.86. The van der Waals surface area contributed by atoms with Crippen molar-refractivity contribution in [1.29, 1.82) is 0 Å². The Balaban J connectivity index is 1.58. The van der Waals surface area contributed by atoms with Crippen LogP contribution in [0.4, 0.5) is 0 Å². The van der Waals surface area contributed by atoms with E-state index in [1.54, 1.807) is 23.9 Å². The highest BCUT2D eigenvalue weighted by molar-refractivity contribution is 7.99. The average Bonchev–Trinajstić information content (AvgIpc) is 2.66. The van der Waals surface area contributed by atoms with Gasteiger partial charge in [-0.2, -0.15) is 0 Å². The molecule has 0 aliphatic carbocycles. The van der Waals surface area contributed by atoms with Crippen LogP contribution in [0.15, 0.2) is 70.4 Å². The first-order valence-electron chi connectivity index (χ1n) is 8.50. The van der Waals surface area contributed by atoms with Crippen molar-refractivity contribution in [2.24, 2.45) is 0 Å². The molecule has 0 bridgehead atoms. The summed E-state index contributed by atoms with van der Waals surface area (Å²) in [6, 6.07) is 18.7. The molecule has 3 rings (SSSR count). The molecule has 4 nitrogen and oxygen atoms in total. The van der Waals surface area contributed by atoms with Gasteiger partial charge >= 0.3 is 0 Å². The summed E-state index contributed by atoms with van der Waals surface area (Å²) in [6.45, 7) is 2.46. The topological polar surface area (TPSA) is 62.0 Å². The summed E-state index contributed by atoms with van der Waals surface area (Å²) in [4.78, 5) is 28.4. The van der Waals surface area contributed by atoms with Gasteiger partial charge in [0.1, 0.15) is 5.56 Å². The van der Waals surface area contributed by atoms with E-state index in [0.29, 0.717) is 23.0 Å². The number of halogens is 1. The number of thioether (sulfide) groups is 1. The van der Waals surface area contributed by atoms with Crippen molar-refractivity contribution >= 4 is 29.3 Å². The molecule has 0 saturated heterocycles. The van der Waals surface area contributed by atoms with Crippen molar-refractivity contribution in [2.75, 3.05) is 12.3 Å². The SMILES string of the molecule is Cc1cccc(-c2ccc(C(=O)NCCSc3ccc(Cl)cc3)c(=O)[nH]2)c1. The standard InChI is InChI=1S/C21H19ClN2O2S/c1-14-3-2-4-15(13-14)19-10-9-18(21(26)24-19)20(25)23-11-12-27-17-7-5-16(22)6-8-17/h2-10,13H,11-12H2,1H3,(H,23,25)(H,24,26). The van der Waals surface area contributed by atoms with Gasteiger partial charge in [-0.25, -0.2) is 0 Å². The zero-order chi connectivity index (χ0) is 19.2. The molecule has 0 fully saturated rings. The average molecular weight is 399 g/mol. The molecule has 0 aliphatic heterocycles. The predicted octanol–water partition coefficient (Wildman–Crippen LogP) is 4.53. The largest absolute Gasteiger partial charge is 0.351 e. The van der Waals surface area contributed by atoms with Gasteiger partial charge in [0.25, 0.3) is 11.5 Å². The van der Waals surface area contributed by atoms with Gasteiger partial charge in [-0.1, -0.05) is 35.4 Å². The number of nitrogens with one attached hydrogen (secondary N) is 2. The second kappa shape index (κ2) is 8.93. The lowest BCUT2D eigenvalue weighted by molar-refractivity contribution is 0.0954. The molecule has 2 aromatic carbocycles. The monoisotopic (exact) mass is 398 g/mol. The Morgan fingerprint density at radius 3 is 2.59 bits per heavy atom. The minimum absolute atomic E-state index is 0.114. The Labute approximate surface area is 167 Å². The number of hydrogen-bond donors (Lipinski definition) is 2. The van der Waals surface area contributed by atoms with Crippen LogP contribution in [0.5, 0.6) is 0 Å². The van der Waals surface area contributed by atoms with Crippen LogP contribution in [0.1, 0.15) is 15.9 Å². The van der Waals surface area contributed by atoms with Gasteiger partial charge in [-0.15, -0.1) is 11.8 Å². The molecule has 0 spiro atoms. The lowest BCUT2D eigenvalue weighted by atomic mass is 10.1. The summed E-state index contributed by atoms with van der Waals surface area (Å²) >= 11 is 7.47. The van der Waals surface area contributed by atoms with Crippen LogP contribution >= 0.6 is 23.4 Å². The summed E-state index contributed by atoms with van der Waals surface area (Å²) in [5.74, 6) is 0.330. The highest BCUT2D eigenvalue weighted by atomic mass is 35.5. The predicted molar refractivity (Wildman–Crippen MR) is 112 cm³/mol. The Kier molecular flexibility index (Phi) is 6.37. The summed E-state index contributed by atoms with van der Waals surface area (Å²) in [6.07, 6.45) is 0. The molecule has 27 heavy (non-hydrogen) atoms. The van der Waals surface area contributed by atoms with Crippen LogP contribution < -0.4 is 10.9 Å². The Morgan fingerprint density at radius 1 is 1.11 bits per heavy atom. The zero-order valence-corrected chi connectivity index (χ0v) is 16.4. The Morgan fingerprint density at radius 2 is 1.89 bits per heavy atom. The lowest BCUT2D eigenvalue weighted by Gasteiger charge is -2.07. The normalized spacial score (nSPS) is 10.6. The summed E-state index contributed by atoms with van der Waals surface area (Å²) in [5, 5.41) is 3.48. The number of carbonyl (C=O) groups is 1. The number of amides is 1. The Bertz CT molecular complexity index is 1000. The summed E-state index contributed by atoms with van der Waals surface area (Å²) in [7, 11) is 0. The van der Waals surface area contributed by atoms with E-state index < -0.39 is 5.56 Å². The third-order valence-electron chi connectivity index (χ3n) is 3.95. The van der Waals surface area contributed by atoms with Gasteiger partial charge < -0.3 is 10.3 Å². The van der Waals surface area contributed by atoms with Gasteiger partial charge in [0.2, 0.25) is 0 Å². The van der Waals surface area contributed by atoms with Gasteiger partial charge in [0.05, 0.1) is 0 Å². The number of H-pyrrole nitrogens is 1. The lowest BCUT2D eigenvalue weighted by Crippen LogP contribution is -2.31. The van der Waals surface area contributed by atoms with Crippen molar-refractivity contribution in [2.45, 2.75) is 11.8 Å². The van der Waals surface area contributed by atoms with E-state index in [0.717, 1.165) is 16.0 Å². The highest BCUT2D eigenvalue weighted by Gasteiger charge is 2.11. The smallest absolute Gasteiger partial charge is 0.261 e. The van der Waals surface area contributed by atoms with Crippen molar-refractivity contribution in [3.05, 3.63) is 87.2 Å². The molecule has 3 aromatic rings. The van der Waals surface area contributed by atoms with Gasteiger partial charge in [-0.3, -0.25) is 9.59 Å². The maximum absolute atomic E-state index is 12.3. The van der Waals surface area contributed by atoms with Gasteiger partial charge in [0.15, 0.2) is 0 Å². The van der Waals surface area contributed by atoms with Gasteiger partial charge in [-0.05, 0) is 55.0 Å². The van der Waals surface area contributed by atoms with Crippen molar-refractivity contribution in [3.8, 4) is 11.3 Å². The second-order valence-corrected chi connectivity index (χ2v) is 7.65. The summed E-state index contributed by atoms with van der Waals surface area (Å²) < 4.78 is 0. The molecular formula is C21H19ClN2O2S. The molecule has 0 aliphatic rings. The van der Waals surface area contributed by atoms with Crippen LogP contribution in [-0.2, 0) is 0 Å². The third kappa shape index (κ3) is 5.25. The number of aromatic amines is 1. The Hall–Kier alpha value is -2.50. The number of hydrogen-bond acceptors (Lipinski definition) is 3. The van der Waals surface area contributed by atoms with E-state index in [1.807, 2.05) is 55.5 Å². The number of benzene rings is 2. The van der Waals surface area contributed by atoms with Gasteiger partial charge in [0, 0.05) is 27.9 Å². The third-order valence-corrected chi connectivity index (χ3v) is 5.22. The van der Waals surface area contributed by atoms with Crippen LogP contribution in [0.25, 0.3) is 11.3 Å². The minimum atomic E-state index is -0.392. The fourth-order valence-corrected chi connectivity index (χ4v) is 3.49. The molecule has 1 amide bonds. The zero-order valence-electron chi connectivity index (χ0n) is 14.8. The molecule has 0 unspecified atom stereocenters. The summed E-state index contributed by atoms with van der Waals surface area (Å²) in [5.41, 5.74) is 2.44. The maximum atomic E-state index is 12.3. The van der Waals surface area contributed by atoms with Crippen LogP contribution in [0, 0.1) is 6.92 Å². The van der Waals surface area contributed by atoms with Crippen LogP contribution in [-0.4, -0.2) is 23.2 Å². The molecule has 6 heteroatoms. The highest BCUT2D eigenvalue weighted by Crippen LogP contribution is 2.20. The van der Waals surface area contributed by atoms with Crippen molar-refractivity contribution in [1.82, 2.24) is 10.3 Å². The number of rotatable bonds is 6. The molecule has 1 aromatic heterocycles. The van der Waals surface area contributed by atoms with E-state index in [2.05, 4.69) is 10.3 Å². The quantitative estimate of drug-likeness (QED) is 0.473. The van der Waals surface area contributed by atoms with Crippen molar-refractivity contribution in [3.63, 3.8) is 0 Å². The molecular weight excluding hydrogens is 380 g/mol. The number of aryl methyl sites for hydroxylation is 1. The first kappa shape index (κ1) is 19.3. The second-order valence-electron chi connectivity index (χ2n) is 6.04. The van der Waals surface area contributed by atoms with E-state index >= 15 is 0 Å². The fraction of sp³-hybridized carbons (Fsp3) is 0.143. The maximum Gasteiger partial charge on any atom is 0.261 e. The number of carbonyl (C=O) groups excluding carboxylic acids is 1. The molecule has 0 radical (unpaired) electrons. The minimum Gasteiger partial charge on any atom is -0.351 e. The van der Waals surface area contributed by atoms with E-state index in [-0.39, 0.29) is 11.5 Å². The first-order chi connectivity index (χ1) is 13.0. The molecule has 0 atom stereocenters. The molecule has 2 N–H and O–H groups in total. The van der Waals surface area contributed by atoms with E-state index in [4.69, 9.17) is 11.6 Å². The van der Waals surface area contributed by atoms with Crippen LogP contribution in [0.2, 0.25) is 5.02 Å². The molecule has 0 saturated carbocycles. The van der Waals surface area contributed by atoms with E-state index in [1.165, 1.54) is 0 Å². The van der Waals surface area contributed by atoms with Crippen LogP contribution in [0.3, 0.4) is 0 Å². The number of aromatic nitrogens is 1. The fourth-order valence-electron chi connectivity index (χ4n) is 2.59. The number of pyridine rings is 1. The van der Waals surface area contributed by atoms with E-state index in [9.17, 15) is 9.59 Å².